The van der Waals surface area contributed by atoms with Crippen LogP contribution in [0.3, 0.4) is 0 Å². The van der Waals surface area contributed by atoms with E-state index in [1.807, 2.05) is 6.92 Å². The van der Waals surface area contributed by atoms with Crippen LogP contribution in [0.4, 0.5) is 0 Å². The fourth-order valence-corrected chi connectivity index (χ4v) is 2.13. The van der Waals surface area contributed by atoms with E-state index in [2.05, 4.69) is 11.8 Å². The molecule has 1 fully saturated rings. The average molecular weight is 245 g/mol. The van der Waals surface area contributed by atoms with E-state index in [0.717, 1.165) is 39.5 Å². The summed E-state index contributed by atoms with van der Waals surface area (Å²) in [5, 5.41) is 0. The Bertz CT molecular complexity index is 176. The van der Waals surface area contributed by atoms with E-state index in [1.54, 1.807) is 0 Å². The van der Waals surface area contributed by atoms with Crippen molar-refractivity contribution in [2.45, 2.75) is 32.7 Å². The number of rotatable bonds is 9. The van der Waals surface area contributed by atoms with Gasteiger partial charge in [-0.15, -0.1) is 0 Å². The Morgan fingerprint density at radius 1 is 1.18 bits per heavy atom. The van der Waals surface area contributed by atoms with Crippen LogP contribution in [-0.4, -0.2) is 63.7 Å². The van der Waals surface area contributed by atoms with Gasteiger partial charge in [0.15, 0.2) is 0 Å². The van der Waals surface area contributed by atoms with E-state index in [9.17, 15) is 0 Å². The molecule has 0 aromatic carbocycles. The van der Waals surface area contributed by atoms with Crippen molar-refractivity contribution in [1.82, 2.24) is 4.90 Å². The molecule has 17 heavy (non-hydrogen) atoms. The van der Waals surface area contributed by atoms with Crippen molar-refractivity contribution >= 4 is 0 Å². The summed E-state index contributed by atoms with van der Waals surface area (Å²) in [6.45, 7) is 11.0. The third-order valence-electron chi connectivity index (χ3n) is 3.07. The predicted molar refractivity (Wildman–Crippen MR) is 68.4 cm³/mol. The Kier molecular flexibility index (Phi) is 8.61. The highest BCUT2D eigenvalue weighted by Gasteiger charge is 2.21. The van der Waals surface area contributed by atoms with Gasteiger partial charge in [-0.05, 0) is 13.3 Å². The van der Waals surface area contributed by atoms with E-state index in [0.29, 0.717) is 19.3 Å². The van der Waals surface area contributed by atoms with Gasteiger partial charge >= 0.3 is 0 Å². The third-order valence-corrected chi connectivity index (χ3v) is 3.07. The van der Waals surface area contributed by atoms with E-state index in [4.69, 9.17) is 14.2 Å². The predicted octanol–water partition coefficient (Wildman–Crippen LogP) is 1.54. The lowest BCUT2D eigenvalue weighted by Gasteiger charge is -2.35. The van der Waals surface area contributed by atoms with Gasteiger partial charge in [0.25, 0.3) is 0 Å². The SMILES string of the molecule is CCCC1COCCN1CCOCCOCC. The molecule has 0 bridgehead atoms. The van der Waals surface area contributed by atoms with Crippen molar-refractivity contribution in [3.8, 4) is 0 Å². The summed E-state index contributed by atoms with van der Waals surface area (Å²) in [5.74, 6) is 0. The third kappa shape index (κ3) is 6.36. The molecule has 0 spiro atoms. The van der Waals surface area contributed by atoms with E-state index < -0.39 is 0 Å². The number of morpholine rings is 1. The summed E-state index contributed by atoms with van der Waals surface area (Å²) in [6.07, 6.45) is 2.44. The molecule has 1 heterocycles. The first-order chi connectivity index (χ1) is 8.38. The van der Waals surface area contributed by atoms with Gasteiger partial charge in [0.2, 0.25) is 0 Å². The molecule has 0 aromatic heterocycles. The molecule has 0 saturated carbocycles. The van der Waals surface area contributed by atoms with Crippen molar-refractivity contribution < 1.29 is 14.2 Å². The summed E-state index contributed by atoms with van der Waals surface area (Å²) in [4.78, 5) is 2.49. The smallest absolute Gasteiger partial charge is 0.0701 e. The fourth-order valence-electron chi connectivity index (χ4n) is 2.13. The number of ether oxygens (including phenoxy) is 3. The highest BCUT2D eigenvalue weighted by atomic mass is 16.5. The van der Waals surface area contributed by atoms with Crippen LogP contribution in [0.5, 0.6) is 0 Å². The molecule has 1 unspecified atom stereocenters. The number of hydrogen-bond donors (Lipinski definition) is 0. The first kappa shape index (κ1) is 14.9. The summed E-state index contributed by atoms with van der Waals surface area (Å²) in [6, 6.07) is 0.587. The van der Waals surface area contributed by atoms with Crippen LogP contribution >= 0.6 is 0 Å². The summed E-state index contributed by atoms with van der Waals surface area (Å²) >= 11 is 0. The van der Waals surface area contributed by atoms with Crippen LogP contribution < -0.4 is 0 Å². The van der Waals surface area contributed by atoms with Gasteiger partial charge in [-0.25, -0.2) is 0 Å². The average Bonchev–Trinajstić information content (AvgIpc) is 2.36. The molecule has 1 atom stereocenters. The molecular weight excluding hydrogens is 218 g/mol. The molecule has 0 aliphatic carbocycles. The van der Waals surface area contributed by atoms with Gasteiger partial charge < -0.3 is 14.2 Å². The standard InChI is InChI=1S/C13H27NO3/c1-3-5-13-12-17-9-7-14(13)6-8-16-11-10-15-4-2/h13H,3-12H2,1-2H3. The lowest BCUT2D eigenvalue weighted by atomic mass is 10.1. The zero-order chi connectivity index (χ0) is 12.3. The van der Waals surface area contributed by atoms with Crippen molar-refractivity contribution in [1.29, 1.82) is 0 Å². The molecule has 1 rings (SSSR count). The second-order valence-electron chi connectivity index (χ2n) is 4.36. The van der Waals surface area contributed by atoms with E-state index in [1.165, 1.54) is 12.8 Å². The highest BCUT2D eigenvalue weighted by molar-refractivity contribution is 4.74. The van der Waals surface area contributed by atoms with Gasteiger partial charge in [0.05, 0.1) is 33.0 Å². The summed E-state index contributed by atoms with van der Waals surface area (Å²) in [7, 11) is 0. The minimum Gasteiger partial charge on any atom is -0.379 e. The van der Waals surface area contributed by atoms with Crippen LogP contribution in [0.2, 0.25) is 0 Å². The molecule has 1 saturated heterocycles. The molecule has 1 aliphatic rings. The van der Waals surface area contributed by atoms with Crippen molar-refractivity contribution in [2.24, 2.45) is 0 Å². The molecule has 102 valence electrons. The zero-order valence-electron chi connectivity index (χ0n) is 11.3. The molecule has 4 heteroatoms. The maximum absolute atomic E-state index is 5.56. The van der Waals surface area contributed by atoms with Gasteiger partial charge in [-0.1, -0.05) is 13.3 Å². The Morgan fingerprint density at radius 3 is 2.76 bits per heavy atom. The van der Waals surface area contributed by atoms with Crippen molar-refractivity contribution in [2.75, 3.05) is 52.7 Å². The van der Waals surface area contributed by atoms with Crippen LogP contribution in [0.25, 0.3) is 0 Å². The van der Waals surface area contributed by atoms with Crippen molar-refractivity contribution in [3.63, 3.8) is 0 Å². The Hall–Kier alpha value is -0.160. The van der Waals surface area contributed by atoms with Gasteiger partial charge in [-0.2, -0.15) is 0 Å². The van der Waals surface area contributed by atoms with Crippen LogP contribution in [0, 0.1) is 0 Å². The van der Waals surface area contributed by atoms with E-state index in [-0.39, 0.29) is 0 Å². The maximum Gasteiger partial charge on any atom is 0.0701 e. The molecule has 0 amide bonds. The maximum atomic E-state index is 5.56. The topological polar surface area (TPSA) is 30.9 Å². The molecule has 0 radical (unpaired) electrons. The molecule has 1 aliphatic heterocycles. The summed E-state index contributed by atoms with van der Waals surface area (Å²) in [5.41, 5.74) is 0. The first-order valence-electron chi connectivity index (χ1n) is 6.85. The number of nitrogens with zero attached hydrogens (tertiary/aromatic N) is 1. The molecule has 0 N–H and O–H groups in total. The monoisotopic (exact) mass is 245 g/mol. The Labute approximate surface area is 105 Å². The van der Waals surface area contributed by atoms with Crippen LogP contribution in [-0.2, 0) is 14.2 Å². The Balaban J connectivity index is 2.06. The second kappa shape index (κ2) is 9.83. The first-order valence-corrected chi connectivity index (χ1v) is 6.85. The highest BCUT2D eigenvalue weighted by Crippen LogP contribution is 2.11. The van der Waals surface area contributed by atoms with Gasteiger partial charge in [0, 0.05) is 25.7 Å². The lowest BCUT2D eigenvalue weighted by Crippen LogP contribution is -2.46. The van der Waals surface area contributed by atoms with Crippen LogP contribution in [0.15, 0.2) is 0 Å². The normalized spacial score (nSPS) is 21.9. The lowest BCUT2D eigenvalue weighted by molar-refractivity contribution is -0.0272. The van der Waals surface area contributed by atoms with Crippen molar-refractivity contribution in [3.05, 3.63) is 0 Å². The minimum atomic E-state index is 0.587. The minimum absolute atomic E-state index is 0.587. The molecular formula is C13H27NO3. The largest absolute Gasteiger partial charge is 0.379 e. The molecule has 4 nitrogen and oxygen atoms in total. The fraction of sp³-hybridized carbons (Fsp3) is 1.00. The second-order valence-corrected chi connectivity index (χ2v) is 4.36. The zero-order valence-corrected chi connectivity index (χ0v) is 11.3. The van der Waals surface area contributed by atoms with Gasteiger partial charge in [-0.3, -0.25) is 4.90 Å². The van der Waals surface area contributed by atoms with Crippen LogP contribution in [0.1, 0.15) is 26.7 Å². The van der Waals surface area contributed by atoms with E-state index >= 15 is 0 Å². The number of hydrogen-bond acceptors (Lipinski definition) is 4. The van der Waals surface area contributed by atoms with Gasteiger partial charge in [0.1, 0.15) is 0 Å². The summed E-state index contributed by atoms with van der Waals surface area (Å²) < 4.78 is 16.3. The Morgan fingerprint density at radius 2 is 2.00 bits per heavy atom. The quantitative estimate of drug-likeness (QED) is 0.577. The molecule has 0 aromatic rings.